The average molecular weight is 315 g/mol. The minimum Gasteiger partial charge on any atom is -0.355 e. The topological polar surface area (TPSA) is 46.9 Å². The molecule has 1 saturated heterocycles. The van der Waals surface area contributed by atoms with Crippen LogP contribution in [-0.2, 0) is 4.79 Å². The van der Waals surface area contributed by atoms with Gasteiger partial charge in [0.15, 0.2) is 5.16 Å². The number of nitrogens with one attached hydrogen (secondary N) is 1. The molecule has 0 spiro atoms. The molecule has 116 valence electrons. The zero-order valence-electron chi connectivity index (χ0n) is 13.0. The van der Waals surface area contributed by atoms with Gasteiger partial charge in [0.25, 0.3) is 0 Å². The lowest BCUT2D eigenvalue weighted by molar-refractivity contribution is -0.120. The molecule has 3 rings (SSSR count). The first-order valence-electron chi connectivity index (χ1n) is 7.70. The van der Waals surface area contributed by atoms with Gasteiger partial charge in [-0.1, -0.05) is 24.2 Å². The fraction of sp³-hybridized carbons (Fsp3) is 0.412. The lowest BCUT2D eigenvalue weighted by atomic mass is 10.1. The molecule has 0 aliphatic carbocycles. The van der Waals surface area contributed by atoms with E-state index < -0.39 is 0 Å². The van der Waals surface area contributed by atoms with Gasteiger partial charge in [0.1, 0.15) is 0 Å². The summed E-state index contributed by atoms with van der Waals surface area (Å²) in [7, 11) is 0. The lowest BCUT2D eigenvalue weighted by Gasteiger charge is -2.14. The Bertz CT molecular complexity index is 680. The van der Waals surface area contributed by atoms with Gasteiger partial charge in [0, 0.05) is 24.6 Å². The third-order valence-corrected chi connectivity index (χ3v) is 5.36. The quantitative estimate of drug-likeness (QED) is 0.946. The predicted molar refractivity (Wildman–Crippen MR) is 89.5 cm³/mol. The highest BCUT2D eigenvalue weighted by atomic mass is 32.2. The number of hydrogen-bond donors (Lipinski definition) is 1. The van der Waals surface area contributed by atoms with Crippen molar-refractivity contribution in [1.29, 1.82) is 0 Å². The number of carbonyl (C=O) groups excluding carboxylic acids is 1. The molecule has 0 radical (unpaired) electrons. The second-order valence-electron chi connectivity index (χ2n) is 5.74. The maximum Gasteiger partial charge on any atom is 0.233 e. The van der Waals surface area contributed by atoms with Gasteiger partial charge in [-0.15, -0.1) is 0 Å². The molecule has 1 amide bonds. The summed E-state index contributed by atoms with van der Waals surface area (Å²) >= 11 is 1.56. The first kappa shape index (κ1) is 15.2. The number of amides is 1. The van der Waals surface area contributed by atoms with E-state index in [2.05, 4.69) is 46.9 Å². The number of aromatic nitrogens is 2. The van der Waals surface area contributed by atoms with Gasteiger partial charge in [-0.2, -0.15) is 0 Å². The number of imidazole rings is 1. The van der Waals surface area contributed by atoms with Gasteiger partial charge < -0.3 is 5.32 Å². The number of hydrogen-bond acceptors (Lipinski definition) is 3. The Morgan fingerprint density at radius 1 is 1.27 bits per heavy atom. The zero-order chi connectivity index (χ0) is 15.5. The highest BCUT2D eigenvalue weighted by molar-refractivity contribution is 8.00. The van der Waals surface area contributed by atoms with E-state index in [1.54, 1.807) is 18.0 Å². The minimum absolute atomic E-state index is 0.0461. The molecule has 22 heavy (non-hydrogen) atoms. The second-order valence-corrected chi connectivity index (χ2v) is 6.91. The molecule has 5 heteroatoms. The first-order chi connectivity index (χ1) is 10.6. The molecular weight excluding hydrogens is 294 g/mol. The number of aryl methyl sites for hydroxylation is 2. The maximum atomic E-state index is 12.1. The molecule has 1 aliphatic heterocycles. The summed E-state index contributed by atoms with van der Waals surface area (Å²) in [5.74, 6) is 0.136. The third kappa shape index (κ3) is 3.19. The number of carbonyl (C=O) groups is 1. The van der Waals surface area contributed by atoms with Crippen LogP contribution in [-0.4, -0.2) is 27.3 Å². The van der Waals surface area contributed by atoms with Crippen LogP contribution in [0.4, 0.5) is 0 Å². The molecule has 2 aromatic rings. The van der Waals surface area contributed by atoms with Gasteiger partial charge in [0.2, 0.25) is 5.91 Å². The normalized spacial score (nSPS) is 18.8. The van der Waals surface area contributed by atoms with Crippen molar-refractivity contribution >= 4 is 17.7 Å². The van der Waals surface area contributed by atoms with Gasteiger partial charge in [0.05, 0.1) is 5.25 Å². The average Bonchev–Trinajstić information content (AvgIpc) is 2.87. The van der Waals surface area contributed by atoms with Crippen LogP contribution in [0.15, 0.2) is 35.7 Å². The van der Waals surface area contributed by atoms with Crippen LogP contribution < -0.4 is 5.32 Å². The van der Waals surface area contributed by atoms with Crippen molar-refractivity contribution < 1.29 is 4.79 Å². The Morgan fingerprint density at radius 3 is 2.95 bits per heavy atom. The van der Waals surface area contributed by atoms with Crippen LogP contribution in [0.5, 0.6) is 0 Å². The zero-order valence-corrected chi connectivity index (χ0v) is 13.8. The lowest BCUT2D eigenvalue weighted by Crippen LogP contribution is -2.30. The Balaban J connectivity index is 1.85. The van der Waals surface area contributed by atoms with Crippen molar-refractivity contribution in [3.63, 3.8) is 0 Å². The molecule has 2 heterocycles. The summed E-state index contributed by atoms with van der Waals surface area (Å²) in [5.41, 5.74) is 3.63. The summed E-state index contributed by atoms with van der Waals surface area (Å²) in [6, 6.07) is 6.38. The summed E-state index contributed by atoms with van der Waals surface area (Å²) in [4.78, 5) is 16.6. The Morgan fingerprint density at radius 2 is 2.14 bits per heavy atom. The number of rotatable bonds is 3. The van der Waals surface area contributed by atoms with E-state index in [4.69, 9.17) is 0 Å². The smallest absolute Gasteiger partial charge is 0.233 e. The molecule has 0 unspecified atom stereocenters. The highest BCUT2D eigenvalue weighted by Crippen LogP contribution is 2.29. The van der Waals surface area contributed by atoms with E-state index in [0.717, 1.165) is 36.7 Å². The van der Waals surface area contributed by atoms with Crippen molar-refractivity contribution in [2.75, 3.05) is 6.54 Å². The molecule has 1 aromatic carbocycles. The predicted octanol–water partition coefficient (Wildman–Crippen LogP) is 3.25. The molecule has 0 saturated carbocycles. The molecule has 1 N–H and O–H groups in total. The van der Waals surface area contributed by atoms with Crippen molar-refractivity contribution in [2.24, 2.45) is 0 Å². The molecule has 1 atom stereocenters. The summed E-state index contributed by atoms with van der Waals surface area (Å²) in [6.07, 6.45) is 6.82. The molecule has 1 fully saturated rings. The summed E-state index contributed by atoms with van der Waals surface area (Å²) < 4.78 is 2.06. The van der Waals surface area contributed by atoms with Crippen LogP contribution in [0.1, 0.15) is 30.4 Å². The Kier molecular flexibility index (Phi) is 4.52. The largest absolute Gasteiger partial charge is 0.355 e. The van der Waals surface area contributed by atoms with Crippen LogP contribution in [0.3, 0.4) is 0 Å². The third-order valence-electron chi connectivity index (χ3n) is 4.11. The molecule has 1 aliphatic rings. The van der Waals surface area contributed by atoms with E-state index in [1.807, 2.05) is 6.20 Å². The van der Waals surface area contributed by atoms with E-state index in [-0.39, 0.29) is 11.2 Å². The van der Waals surface area contributed by atoms with E-state index in [1.165, 1.54) is 11.1 Å². The van der Waals surface area contributed by atoms with Gasteiger partial charge in [-0.3, -0.25) is 9.36 Å². The van der Waals surface area contributed by atoms with E-state index in [9.17, 15) is 4.79 Å². The minimum atomic E-state index is -0.0461. The van der Waals surface area contributed by atoms with Crippen molar-refractivity contribution in [2.45, 2.75) is 43.5 Å². The molecule has 1 aromatic heterocycles. The van der Waals surface area contributed by atoms with Crippen LogP contribution >= 0.6 is 11.8 Å². The Hall–Kier alpha value is -1.75. The van der Waals surface area contributed by atoms with E-state index >= 15 is 0 Å². The molecular formula is C17H21N3OS. The van der Waals surface area contributed by atoms with Crippen molar-refractivity contribution in [3.8, 4) is 5.69 Å². The number of nitrogens with zero attached hydrogens (tertiary/aromatic N) is 2. The highest BCUT2D eigenvalue weighted by Gasteiger charge is 2.23. The number of thioether (sulfide) groups is 1. The number of benzene rings is 1. The standard InChI is InChI=1S/C17H21N3OS/c1-12-6-7-14(11-13(12)2)20-10-9-19-17(20)22-15-5-3-4-8-18-16(15)21/h6-7,9-11,15H,3-5,8H2,1-2H3,(H,18,21)/t15-/m0/s1. The van der Waals surface area contributed by atoms with Gasteiger partial charge >= 0.3 is 0 Å². The van der Waals surface area contributed by atoms with Gasteiger partial charge in [-0.25, -0.2) is 4.98 Å². The van der Waals surface area contributed by atoms with E-state index in [0.29, 0.717) is 0 Å². The fourth-order valence-electron chi connectivity index (χ4n) is 2.60. The fourth-order valence-corrected chi connectivity index (χ4v) is 3.73. The first-order valence-corrected chi connectivity index (χ1v) is 8.58. The van der Waals surface area contributed by atoms with Crippen LogP contribution in [0.25, 0.3) is 5.69 Å². The molecule has 4 nitrogen and oxygen atoms in total. The second kappa shape index (κ2) is 6.57. The maximum absolute atomic E-state index is 12.1. The Labute approximate surface area is 135 Å². The monoisotopic (exact) mass is 315 g/mol. The molecule has 0 bridgehead atoms. The van der Waals surface area contributed by atoms with Crippen molar-refractivity contribution in [1.82, 2.24) is 14.9 Å². The van der Waals surface area contributed by atoms with Crippen LogP contribution in [0, 0.1) is 13.8 Å². The SMILES string of the molecule is Cc1ccc(-n2ccnc2S[C@H]2CCCCNC2=O)cc1C. The van der Waals surface area contributed by atoms with Gasteiger partial charge in [-0.05, 0) is 49.9 Å². The summed E-state index contributed by atoms with van der Waals surface area (Å²) in [6.45, 7) is 5.02. The summed E-state index contributed by atoms with van der Waals surface area (Å²) in [5, 5.41) is 3.82. The van der Waals surface area contributed by atoms with Crippen LogP contribution in [0.2, 0.25) is 0 Å². The van der Waals surface area contributed by atoms with Crippen molar-refractivity contribution in [3.05, 3.63) is 41.7 Å².